The van der Waals surface area contributed by atoms with Crippen LogP contribution in [-0.2, 0) is 11.2 Å². The van der Waals surface area contributed by atoms with Crippen LogP contribution in [0.5, 0.6) is 5.75 Å². The van der Waals surface area contributed by atoms with Crippen molar-refractivity contribution in [2.45, 2.75) is 26.2 Å². The molecule has 0 saturated heterocycles. The fourth-order valence-electron chi connectivity index (χ4n) is 1.56. The van der Waals surface area contributed by atoms with E-state index in [9.17, 15) is 4.79 Å². The molecule has 88 valence electrons. The average molecular weight is 261 g/mol. The van der Waals surface area contributed by atoms with Gasteiger partial charge in [-0.25, -0.2) is 0 Å². The van der Waals surface area contributed by atoms with E-state index in [2.05, 4.69) is 0 Å². The molecule has 16 heavy (non-hydrogen) atoms. The number of Topliss-reactive ketones (excluding diaryl/α,β-unsaturated/α-hetero) is 1. The van der Waals surface area contributed by atoms with Crippen LogP contribution in [0, 0.1) is 0 Å². The Morgan fingerprint density at radius 1 is 1.38 bits per heavy atom. The lowest BCUT2D eigenvalue weighted by atomic mass is 10.1. The third-order valence-corrected chi connectivity index (χ3v) is 2.76. The van der Waals surface area contributed by atoms with Gasteiger partial charge in [-0.2, -0.15) is 0 Å². The predicted molar refractivity (Wildman–Crippen MR) is 66.6 cm³/mol. The molecule has 0 aliphatic rings. The van der Waals surface area contributed by atoms with Crippen molar-refractivity contribution in [2.75, 3.05) is 7.11 Å². The maximum atomic E-state index is 10.8. The number of ether oxygens (including phenoxy) is 1. The molecule has 0 atom stereocenters. The molecule has 0 fully saturated rings. The molecule has 0 aliphatic carbocycles. The van der Waals surface area contributed by atoms with E-state index in [-0.39, 0.29) is 5.78 Å². The maximum Gasteiger partial charge on any atom is 0.140 e. The van der Waals surface area contributed by atoms with Gasteiger partial charge >= 0.3 is 0 Å². The normalized spacial score (nSPS) is 10.2. The van der Waals surface area contributed by atoms with Gasteiger partial charge < -0.3 is 9.53 Å². The monoisotopic (exact) mass is 260 g/mol. The molecule has 0 aliphatic heterocycles. The average Bonchev–Trinajstić information content (AvgIpc) is 2.16. The third-order valence-electron chi connectivity index (χ3n) is 2.26. The van der Waals surface area contributed by atoms with Crippen LogP contribution < -0.4 is 4.74 Å². The van der Waals surface area contributed by atoms with Gasteiger partial charge in [-0.15, -0.1) is 0 Å². The fourth-order valence-corrected chi connectivity index (χ4v) is 2.17. The van der Waals surface area contributed by atoms with Crippen LogP contribution >= 0.6 is 23.2 Å². The molecule has 2 nitrogen and oxygen atoms in total. The van der Waals surface area contributed by atoms with Crippen LogP contribution in [-0.4, -0.2) is 12.9 Å². The molecule has 0 bridgehead atoms. The van der Waals surface area contributed by atoms with E-state index in [4.69, 9.17) is 27.9 Å². The van der Waals surface area contributed by atoms with Crippen LogP contribution in [0.15, 0.2) is 12.1 Å². The summed E-state index contributed by atoms with van der Waals surface area (Å²) < 4.78 is 5.21. The standard InChI is InChI=1S/C12H14Cl2O2/c1-8(15)4-3-5-9-6-10(13)7-11(14)12(9)16-2/h6-7H,3-5H2,1-2H3. The number of hydrogen-bond donors (Lipinski definition) is 0. The minimum atomic E-state index is 0.187. The Morgan fingerprint density at radius 3 is 2.62 bits per heavy atom. The number of carbonyl (C=O) groups excluding carboxylic acids is 1. The second-order valence-electron chi connectivity index (χ2n) is 3.64. The quantitative estimate of drug-likeness (QED) is 0.803. The maximum absolute atomic E-state index is 10.8. The van der Waals surface area contributed by atoms with E-state index < -0.39 is 0 Å². The Hall–Kier alpha value is -0.730. The largest absolute Gasteiger partial charge is 0.495 e. The first-order chi connectivity index (χ1) is 7.54. The number of carbonyl (C=O) groups is 1. The highest BCUT2D eigenvalue weighted by Gasteiger charge is 2.09. The van der Waals surface area contributed by atoms with Gasteiger partial charge in [-0.1, -0.05) is 23.2 Å². The van der Waals surface area contributed by atoms with Crippen LogP contribution in [0.2, 0.25) is 10.0 Å². The SMILES string of the molecule is COc1c(Cl)cc(Cl)cc1CCCC(C)=O. The van der Waals surface area contributed by atoms with E-state index in [1.54, 1.807) is 20.1 Å². The number of methoxy groups -OCH3 is 1. The lowest BCUT2D eigenvalue weighted by Crippen LogP contribution is -1.96. The summed E-state index contributed by atoms with van der Waals surface area (Å²) in [5.74, 6) is 0.835. The van der Waals surface area contributed by atoms with Crippen LogP contribution in [0.25, 0.3) is 0 Å². The van der Waals surface area contributed by atoms with Gasteiger partial charge in [0.15, 0.2) is 0 Å². The number of ketones is 1. The van der Waals surface area contributed by atoms with Crippen LogP contribution in [0.1, 0.15) is 25.3 Å². The summed E-state index contributed by atoms with van der Waals surface area (Å²) in [6.07, 6.45) is 2.08. The summed E-state index contributed by atoms with van der Waals surface area (Å²) in [6.45, 7) is 1.59. The minimum absolute atomic E-state index is 0.187. The van der Waals surface area contributed by atoms with Crippen molar-refractivity contribution in [3.8, 4) is 5.75 Å². The molecule has 0 amide bonds. The lowest BCUT2D eigenvalue weighted by Gasteiger charge is -2.10. The lowest BCUT2D eigenvalue weighted by molar-refractivity contribution is -0.117. The Kier molecular flexibility index (Phi) is 5.10. The first-order valence-corrected chi connectivity index (χ1v) is 5.81. The molecule has 0 unspecified atom stereocenters. The van der Waals surface area contributed by atoms with Crippen molar-refractivity contribution in [3.63, 3.8) is 0 Å². The van der Waals surface area contributed by atoms with Crippen LogP contribution in [0.3, 0.4) is 0 Å². The molecular weight excluding hydrogens is 247 g/mol. The topological polar surface area (TPSA) is 26.3 Å². The highest BCUT2D eigenvalue weighted by atomic mass is 35.5. The highest BCUT2D eigenvalue weighted by molar-refractivity contribution is 6.35. The summed E-state index contributed by atoms with van der Waals surface area (Å²) in [6, 6.07) is 3.48. The molecule has 0 spiro atoms. The number of hydrogen-bond acceptors (Lipinski definition) is 2. The van der Waals surface area contributed by atoms with E-state index in [0.717, 1.165) is 18.4 Å². The summed E-state index contributed by atoms with van der Waals surface area (Å²) in [4.78, 5) is 10.8. The number of halogens is 2. The zero-order chi connectivity index (χ0) is 12.1. The Bertz CT molecular complexity index is 389. The molecule has 1 aromatic carbocycles. The number of rotatable bonds is 5. The van der Waals surface area contributed by atoms with Gasteiger partial charge in [0.05, 0.1) is 12.1 Å². The fraction of sp³-hybridized carbons (Fsp3) is 0.417. The van der Waals surface area contributed by atoms with E-state index >= 15 is 0 Å². The molecule has 1 rings (SSSR count). The summed E-state index contributed by atoms with van der Waals surface area (Å²) in [5.41, 5.74) is 0.946. The van der Waals surface area contributed by atoms with Crippen LogP contribution in [0.4, 0.5) is 0 Å². The number of benzene rings is 1. The Labute approximate surface area is 106 Å². The van der Waals surface area contributed by atoms with Crippen molar-refractivity contribution in [2.24, 2.45) is 0 Å². The summed E-state index contributed by atoms with van der Waals surface area (Å²) in [7, 11) is 1.57. The van der Waals surface area contributed by atoms with Gasteiger partial charge in [0.2, 0.25) is 0 Å². The summed E-state index contributed by atoms with van der Waals surface area (Å²) in [5, 5.41) is 1.09. The first-order valence-electron chi connectivity index (χ1n) is 5.06. The molecular formula is C12H14Cl2O2. The van der Waals surface area contributed by atoms with E-state index in [0.29, 0.717) is 22.2 Å². The molecule has 0 saturated carbocycles. The van der Waals surface area contributed by atoms with Gasteiger partial charge in [-0.05, 0) is 37.5 Å². The second-order valence-corrected chi connectivity index (χ2v) is 4.48. The van der Waals surface area contributed by atoms with Gasteiger partial charge in [0.25, 0.3) is 0 Å². The first kappa shape index (κ1) is 13.3. The van der Waals surface area contributed by atoms with Crippen molar-refractivity contribution in [3.05, 3.63) is 27.7 Å². The predicted octanol–water partition coefficient (Wildman–Crippen LogP) is 3.91. The Balaban J connectivity index is 2.81. The van der Waals surface area contributed by atoms with E-state index in [1.165, 1.54) is 0 Å². The van der Waals surface area contributed by atoms with Gasteiger partial charge in [0.1, 0.15) is 11.5 Å². The van der Waals surface area contributed by atoms with E-state index in [1.807, 2.05) is 6.07 Å². The molecule has 4 heteroatoms. The van der Waals surface area contributed by atoms with Gasteiger partial charge in [-0.3, -0.25) is 0 Å². The van der Waals surface area contributed by atoms with Crippen molar-refractivity contribution < 1.29 is 9.53 Å². The summed E-state index contributed by atoms with van der Waals surface area (Å²) >= 11 is 11.9. The van der Waals surface area contributed by atoms with Crippen molar-refractivity contribution in [1.29, 1.82) is 0 Å². The molecule has 0 heterocycles. The zero-order valence-electron chi connectivity index (χ0n) is 9.35. The van der Waals surface area contributed by atoms with Crippen molar-refractivity contribution in [1.82, 2.24) is 0 Å². The molecule has 0 aromatic heterocycles. The van der Waals surface area contributed by atoms with Crippen molar-refractivity contribution >= 4 is 29.0 Å². The Morgan fingerprint density at radius 2 is 2.06 bits per heavy atom. The second kappa shape index (κ2) is 6.12. The van der Waals surface area contributed by atoms with Gasteiger partial charge in [0, 0.05) is 11.4 Å². The third kappa shape index (κ3) is 3.69. The molecule has 0 N–H and O–H groups in total. The molecule has 1 aromatic rings. The minimum Gasteiger partial charge on any atom is -0.495 e. The molecule has 0 radical (unpaired) electrons. The zero-order valence-corrected chi connectivity index (χ0v) is 10.9. The smallest absolute Gasteiger partial charge is 0.140 e. The highest BCUT2D eigenvalue weighted by Crippen LogP contribution is 2.33. The number of aryl methyl sites for hydroxylation is 1.